The van der Waals surface area contributed by atoms with Gasteiger partial charge in [-0.25, -0.2) is 4.79 Å². The number of carbonyl (C=O) groups excluding carboxylic acids is 1. The molecule has 0 heterocycles. The van der Waals surface area contributed by atoms with Gasteiger partial charge in [0, 0.05) is 12.0 Å². The van der Waals surface area contributed by atoms with Crippen LogP contribution in [0.15, 0.2) is 66.7 Å². The van der Waals surface area contributed by atoms with Crippen LogP contribution in [0, 0.1) is 11.8 Å². The molecule has 0 aliphatic carbocycles. The fraction of sp³-hybridized carbons (Fsp3) is 0.367. The Morgan fingerprint density at radius 1 is 0.909 bits per heavy atom. The predicted molar refractivity (Wildman–Crippen MR) is 135 cm³/mol. The van der Waals surface area contributed by atoms with E-state index in [0.29, 0.717) is 11.7 Å². The second kappa shape index (κ2) is 10.1. The van der Waals surface area contributed by atoms with Crippen LogP contribution in [0.1, 0.15) is 71.4 Å². The second-order valence-corrected chi connectivity index (χ2v) is 9.95. The number of hydrogen-bond donors (Lipinski definition) is 0. The number of rotatable bonds is 6. The molecule has 0 aliphatic rings. The maximum absolute atomic E-state index is 12.4. The zero-order chi connectivity index (χ0) is 24.1. The van der Waals surface area contributed by atoms with Gasteiger partial charge in [0.2, 0.25) is 0 Å². The van der Waals surface area contributed by atoms with E-state index in [1.807, 2.05) is 45.0 Å². The first-order valence-corrected chi connectivity index (χ1v) is 11.5. The lowest BCUT2D eigenvalue weighted by atomic mass is 9.91. The lowest BCUT2D eigenvalue weighted by Crippen LogP contribution is -2.43. The zero-order valence-electron chi connectivity index (χ0n) is 20.6. The van der Waals surface area contributed by atoms with Crippen molar-refractivity contribution in [2.24, 2.45) is 0 Å². The Balaban J connectivity index is 1.56. The molecular weight excluding hydrogens is 408 g/mol. The number of fused-ring (bicyclic) bond motifs is 1. The minimum absolute atomic E-state index is 0.390. The lowest BCUT2D eigenvalue weighted by Gasteiger charge is -2.29. The molecule has 0 saturated carbocycles. The molecule has 1 atom stereocenters. The topological polar surface area (TPSA) is 35.5 Å². The Hall–Kier alpha value is -3.25. The summed E-state index contributed by atoms with van der Waals surface area (Å²) in [6.07, 6.45) is 1.83. The van der Waals surface area contributed by atoms with Gasteiger partial charge < -0.3 is 9.47 Å². The fourth-order valence-electron chi connectivity index (χ4n) is 3.63. The van der Waals surface area contributed by atoms with Crippen LogP contribution < -0.4 is 4.74 Å². The summed E-state index contributed by atoms with van der Waals surface area (Å²) in [4.78, 5) is 12.4. The number of benzene rings is 3. The highest BCUT2D eigenvalue weighted by atomic mass is 16.6. The summed E-state index contributed by atoms with van der Waals surface area (Å²) in [6.45, 7) is 11.2. The van der Waals surface area contributed by atoms with Crippen LogP contribution >= 0.6 is 0 Å². The summed E-state index contributed by atoms with van der Waals surface area (Å²) in [5.74, 6) is 7.20. The average molecular weight is 443 g/mol. The quantitative estimate of drug-likeness (QED) is 0.297. The SMILES string of the molecule is C[C@@H](CCC#Cc1ccc(OC(C)(C)C(=O)OC(C)(C)C)cc1)c1cccc2ccccc12. The van der Waals surface area contributed by atoms with Crippen molar-refractivity contribution in [1.82, 2.24) is 0 Å². The molecule has 0 bridgehead atoms. The number of ether oxygens (including phenoxy) is 2. The molecule has 0 spiro atoms. The van der Waals surface area contributed by atoms with E-state index in [0.717, 1.165) is 18.4 Å². The minimum atomic E-state index is -1.07. The normalized spacial score (nSPS) is 12.5. The van der Waals surface area contributed by atoms with Gasteiger partial charge >= 0.3 is 5.97 Å². The molecule has 0 radical (unpaired) electrons. The Bertz CT molecular complexity index is 1150. The van der Waals surface area contributed by atoms with Crippen molar-refractivity contribution in [3.63, 3.8) is 0 Å². The highest BCUT2D eigenvalue weighted by Crippen LogP contribution is 2.28. The first-order chi connectivity index (χ1) is 15.5. The maximum atomic E-state index is 12.4. The third-order valence-electron chi connectivity index (χ3n) is 5.41. The molecule has 3 nitrogen and oxygen atoms in total. The highest BCUT2D eigenvalue weighted by molar-refractivity contribution is 5.86. The molecule has 0 unspecified atom stereocenters. The Kier molecular flexibility index (Phi) is 7.49. The van der Waals surface area contributed by atoms with Crippen molar-refractivity contribution >= 4 is 16.7 Å². The van der Waals surface area contributed by atoms with Crippen LogP contribution in [-0.4, -0.2) is 17.2 Å². The van der Waals surface area contributed by atoms with Gasteiger partial charge in [0.25, 0.3) is 0 Å². The largest absolute Gasteiger partial charge is 0.476 e. The van der Waals surface area contributed by atoms with Crippen molar-refractivity contribution in [3.05, 3.63) is 77.9 Å². The standard InChI is InChI=1S/C30H34O3/c1-22(26-17-11-15-24-14-9-10-16-27(24)26)12-7-8-13-23-18-20-25(21-19-23)32-30(5,6)28(31)33-29(2,3)4/h9-11,14-22H,7,12H2,1-6H3/t22-/m0/s1. The molecule has 172 valence electrons. The predicted octanol–water partition coefficient (Wildman–Crippen LogP) is 7.27. The van der Waals surface area contributed by atoms with Crippen molar-refractivity contribution in [1.29, 1.82) is 0 Å². The molecule has 0 amide bonds. The van der Waals surface area contributed by atoms with E-state index in [1.54, 1.807) is 13.8 Å². The van der Waals surface area contributed by atoms with Gasteiger partial charge in [-0.15, -0.1) is 0 Å². The van der Waals surface area contributed by atoms with Gasteiger partial charge in [-0.1, -0.05) is 61.2 Å². The summed E-state index contributed by atoms with van der Waals surface area (Å²) in [7, 11) is 0. The van der Waals surface area contributed by atoms with Gasteiger partial charge in [0.15, 0.2) is 5.60 Å². The molecule has 0 aliphatic heterocycles. The van der Waals surface area contributed by atoms with Gasteiger partial charge in [-0.2, -0.15) is 0 Å². The van der Waals surface area contributed by atoms with Crippen molar-refractivity contribution < 1.29 is 14.3 Å². The number of hydrogen-bond acceptors (Lipinski definition) is 3. The zero-order valence-corrected chi connectivity index (χ0v) is 20.6. The first-order valence-electron chi connectivity index (χ1n) is 11.5. The van der Waals surface area contributed by atoms with Crippen LogP contribution in [0.25, 0.3) is 10.8 Å². The van der Waals surface area contributed by atoms with Gasteiger partial charge in [-0.05, 0) is 87.6 Å². The third-order valence-corrected chi connectivity index (χ3v) is 5.41. The maximum Gasteiger partial charge on any atom is 0.350 e. The third kappa shape index (κ3) is 6.86. The number of esters is 1. The van der Waals surface area contributed by atoms with E-state index < -0.39 is 11.2 Å². The van der Waals surface area contributed by atoms with Gasteiger partial charge in [-0.3, -0.25) is 0 Å². The Morgan fingerprint density at radius 2 is 1.58 bits per heavy atom. The molecule has 3 rings (SSSR count). The highest BCUT2D eigenvalue weighted by Gasteiger charge is 2.34. The summed E-state index contributed by atoms with van der Waals surface area (Å²) < 4.78 is 11.3. The van der Waals surface area contributed by atoms with E-state index in [2.05, 4.69) is 61.2 Å². The van der Waals surface area contributed by atoms with Crippen molar-refractivity contribution in [2.75, 3.05) is 0 Å². The van der Waals surface area contributed by atoms with E-state index in [9.17, 15) is 4.79 Å². The van der Waals surface area contributed by atoms with Crippen LogP contribution in [0.5, 0.6) is 5.75 Å². The average Bonchev–Trinajstić information content (AvgIpc) is 2.76. The molecular formula is C30H34O3. The van der Waals surface area contributed by atoms with Crippen LogP contribution in [0.3, 0.4) is 0 Å². The van der Waals surface area contributed by atoms with Crippen molar-refractivity contribution in [2.45, 2.75) is 71.5 Å². The van der Waals surface area contributed by atoms with E-state index in [4.69, 9.17) is 9.47 Å². The smallest absolute Gasteiger partial charge is 0.350 e. The van der Waals surface area contributed by atoms with Crippen LogP contribution in [0.4, 0.5) is 0 Å². The van der Waals surface area contributed by atoms with Gasteiger partial charge in [0.05, 0.1) is 0 Å². The Morgan fingerprint density at radius 3 is 2.27 bits per heavy atom. The molecule has 3 aromatic carbocycles. The second-order valence-electron chi connectivity index (χ2n) is 9.95. The van der Waals surface area contributed by atoms with E-state index in [1.165, 1.54) is 16.3 Å². The molecule has 3 aromatic rings. The molecule has 0 fully saturated rings. The first kappa shape index (κ1) is 24.4. The van der Waals surface area contributed by atoms with E-state index >= 15 is 0 Å². The van der Waals surface area contributed by atoms with Crippen LogP contribution in [0.2, 0.25) is 0 Å². The van der Waals surface area contributed by atoms with E-state index in [-0.39, 0.29) is 5.97 Å². The summed E-state index contributed by atoms with van der Waals surface area (Å²) in [5, 5.41) is 2.61. The summed E-state index contributed by atoms with van der Waals surface area (Å²) in [5.41, 5.74) is 0.680. The number of carbonyl (C=O) groups is 1. The monoisotopic (exact) mass is 442 g/mol. The van der Waals surface area contributed by atoms with Gasteiger partial charge in [0.1, 0.15) is 11.4 Å². The molecule has 0 N–H and O–H groups in total. The fourth-order valence-corrected chi connectivity index (χ4v) is 3.63. The van der Waals surface area contributed by atoms with Crippen molar-refractivity contribution in [3.8, 4) is 17.6 Å². The lowest BCUT2D eigenvalue weighted by molar-refractivity contribution is -0.170. The molecule has 33 heavy (non-hydrogen) atoms. The molecule has 3 heteroatoms. The minimum Gasteiger partial charge on any atom is -0.476 e. The Labute approximate surface area is 198 Å². The summed E-state index contributed by atoms with van der Waals surface area (Å²) in [6, 6.07) is 22.6. The summed E-state index contributed by atoms with van der Waals surface area (Å²) >= 11 is 0. The molecule has 0 aromatic heterocycles. The molecule has 0 saturated heterocycles. The van der Waals surface area contributed by atoms with Crippen LogP contribution in [-0.2, 0) is 9.53 Å².